The first-order valence-electron chi connectivity index (χ1n) is 12.6. The zero-order valence-electron chi connectivity index (χ0n) is 20.2. The number of aryl methyl sites for hydroxylation is 1. The molecule has 0 unspecified atom stereocenters. The predicted octanol–water partition coefficient (Wildman–Crippen LogP) is 7.06. The summed E-state index contributed by atoms with van der Waals surface area (Å²) in [6.07, 6.45) is 15.9. The molecule has 0 radical (unpaired) electrons. The van der Waals surface area contributed by atoms with E-state index >= 15 is 0 Å². The molecule has 0 amide bonds. The molecule has 0 spiro atoms. The number of carbonyl (C=O) groups excluding carboxylic acids is 1. The van der Waals surface area contributed by atoms with Crippen LogP contribution >= 0.6 is 0 Å². The zero-order chi connectivity index (χ0) is 23.5. The number of unbranched alkanes of at least 4 members (excludes halogenated alkanes) is 4. The van der Waals surface area contributed by atoms with Crippen molar-refractivity contribution in [2.45, 2.75) is 90.9 Å². The highest BCUT2D eigenvalue weighted by molar-refractivity contribution is 5.75. The fourth-order valence-corrected chi connectivity index (χ4v) is 4.68. The first-order valence-corrected chi connectivity index (χ1v) is 12.6. The fraction of sp³-hybridized carbons (Fsp3) is 0.571. The number of aromatic nitrogens is 2. The average Bonchev–Trinajstić information content (AvgIpc) is 2.85. The van der Waals surface area contributed by atoms with Crippen LogP contribution in [0, 0.1) is 22.7 Å². The summed E-state index contributed by atoms with van der Waals surface area (Å²) in [6.45, 7) is 4.35. The molecule has 1 aliphatic carbocycles. The van der Waals surface area contributed by atoms with E-state index in [2.05, 4.69) is 29.9 Å². The number of esters is 1. The Morgan fingerprint density at radius 3 is 2.30 bits per heavy atom. The maximum absolute atomic E-state index is 12.7. The van der Waals surface area contributed by atoms with Gasteiger partial charge in [-0.25, -0.2) is 9.97 Å². The molecule has 5 heteroatoms. The lowest BCUT2D eigenvalue weighted by molar-refractivity contribution is -0.140. The molecule has 5 nitrogen and oxygen atoms in total. The molecule has 1 aliphatic rings. The van der Waals surface area contributed by atoms with E-state index in [0.717, 1.165) is 62.5 Å². The minimum absolute atomic E-state index is 0.124. The van der Waals surface area contributed by atoms with Crippen LogP contribution in [0.5, 0.6) is 5.75 Å². The van der Waals surface area contributed by atoms with Gasteiger partial charge in [0.05, 0.1) is 17.4 Å². The van der Waals surface area contributed by atoms with Gasteiger partial charge in [-0.15, -0.1) is 0 Å². The largest absolute Gasteiger partial charge is 0.426 e. The monoisotopic (exact) mass is 447 g/mol. The van der Waals surface area contributed by atoms with Crippen molar-refractivity contribution in [3.8, 4) is 23.2 Å². The van der Waals surface area contributed by atoms with Crippen LogP contribution in [0.3, 0.4) is 0 Å². The standard InChI is InChI=1S/C28H37N3O2/c1-3-5-6-7-8-16-28(21-29)17-14-24(15-18-28)27(32)33-25-12-10-23(11-13-25)26-30-19-22(9-4-2)20-31-26/h10-13,19-20,24H,3-9,14-18H2,1-2H3/t24-,28-. The van der Waals surface area contributed by atoms with Crippen molar-refractivity contribution in [2.75, 3.05) is 0 Å². The molecule has 1 aromatic heterocycles. The van der Waals surface area contributed by atoms with Crippen molar-refractivity contribution in [1.29, 1.82) is 5.26 Å². The quantitative estimate of drug-likeness (QED) is 0.209. The third-order valence-corrected chi connectivity index (χ3v) is 6.85. The summed E-state index contributed by atoms with van der Waals surface area (Å²) >= 11 is 0. The van der Waals surface area contributed by atoms with Crippen molar-refractivity contribution < 1.29 is 9.53 Å². The molecule has 0 saturated heterocycles. The first-order chi connectivity index (χ1) is 16.1. The van der Waals surface area contributed by atoms with Crippen LogP contribution in [0.2, 0.25) is 0 Å². The van der Waals surface area contributed by atoms with Gasteiger partial charge in [0.15, 0.2) is 5.82 Å². The minimum atomic E-state index is -0.253. The highest BCUT2D eigenvalue weighted by Gasteiger charge is 2.37. The Kier molecular flexibility index (Phi) is 9.42. The van der Waals surface area contributed by atoms with Crippen molar-refractivity contribution in [3.63, 3.8) is 0 Å². The average molecular weight is 448 g/mol. The summed E-state index contributed by atoms with van der Waals surface area (Å²) in [6, 6.07) is 9.96. The predicted molar refractivity (Wildman–Crippen MR) is 130 cm³/mol. The molecule has 0 aliphatic heterocycles. The van der Waals surface area contributed by atoms with Gasteiger partial charge in [0.2, 0.25) is 0 Å². The molecule has 2 aromatic rings. The van der Waals surface area contributed by atoms with Crippen molar-refractivity contribution in [3.05, 3.63) is 42.2 Å². The van der Waals surface area contributed by atoms with Gasteiger partial charge in [0, 0.05) is 18.0 Å². The summed E-state index contributed by atoms with van der Waals surface area (Å²) in [7, 11) is 0. The van der Waals surface area contributed by atoms with Crippen molar-refractivity contribution >= 4 is 5.97 Å². The van der Waals surface area contributed by atoms with Gasteiger partial charge in [0.25, 0.3) is 0 Å². The smallest absolute Gasteiger partial charge is 0.314 e. The van der Waals surface area contributed by atoms with Crippen LogP contribution in [-0.4, -0.2) is 15.9 Å². The summed E-state index contributed by atoms with van der Waals surface area (Å²) in [5.74, 6) is 0.903. The van der Waals surface area contributed by atoms with Gasteiger partial charge in [-0.1, -0.05) is 52.4 Å². The molecule has 0 atom stereocenters. The Morgan fingerprint density at radius 1 is 1.03 bits per heavy atom. The van der Waals surface area contributed by atoms with E-state index in [1.54, 1.807) is 12.1 Å². The molecule has 1 aromatic carbocycles. The SMILES string of the molecule is CCCCCCC[C@]1(C#N)CC[C@H](C(=O)Oc2ccc(-c3ncc(CCC)cn3)cc2)CC1. The molecule has 1 heterocycles. The summed E-state index contributed by atoms with van der Waals surface area (Å²) in [4.78, 5) is 21.6. The Labute approximate surface area is 198 Å². The van der Waals surface area contributed by atoms with Crippen LogP contribution in [0.1, 0.15) is 90.0 Å². The Morgan fingerprint density at radius 2 is 1.70 bits per heavy atom. The normalized spacial score (nSPS) is 20.2. The van der Waals surface area contributed by atoms with Gasteiger partial charge in [-0.05, 0) is 68.4 Å². The highest BCUT2D eigenvalue weighted by Crippen LogP contribution is 2.42. The van der Waals surface area contributed by atoms with E-state index in [0.29, 0.717) is 11.6 Å². The number of nitriles is 1. The number of hydrogen-bond donors (Lipinski definition) is 0. The molecular formula is C28H37N3O2. The lowest BCUT2D eigenvalue weighted by atomic mass is 9.69. The van der Waals surface area contributed by atoms with Gasteiger partial charge < -0.3 is 4.74 Å². The maximum Gasteiger partial charge on any atom is 0.314 e. The number of rotatable bonds is 11. The molecular weight excluding hydrogens is 410 g/mol. The van der Waals surface area contributed by atoms with E-state index in [4.69, 9.17) is 4.74 Å². The van der Waals surface area contributed by atoms with E-state index in [1.165, 1.54) is 25.7 Å². The molecule has 1 saturated carbocycles. The van der Waals surface area contributed by atoms with E-state index in [9.17, 15) is 10.1 Å². The van der Waals surface area contributed by atoms with Gasteiger partial charge in [-0.2, -0.15) is 5.26 Å². The molecule has 0 bridgehead atoms. The fourth-order valence-electron chi connectivity index (χ4n) is 4.68. The van der Waals surface area contributed by atoms with Crippen molar-refractivity contribution in [1.82, 2.24) is 9.97 Å². The van der Waals surface area contributed by atoms with Crippen LogP contribution in [-0.2, 0) is 11.2 Å². The number of carbonyl (C=O) groups is 1. The van der Waals surface area contributed by atoms with Gasteiger partial charge in [-0.3, -0.25) is 4.79 Å². The van der Waals surface area contributed by atoms with Gasteiger partial charge >= 0.3 is 5.97 Å². The Hall–Kier alpha value is -2.74. The molecule has 1 fully saturated rings. The number of hydrogen-bond acceptors (Lipinski definition) is 5. The third-order valence-electron chi connectivity index (χ3n) is 6.85. The summed E-state index contributed by atoms with van der Waals surface area (Å²) < 4.78 is 5.66. The lowest BCUT2D eigenvalue weighted by Gasteiger charge is -2.34. The van der Waals surface area contributed by atoms with Crippen LogP contribution in [0.4, 0.5) is 0 Å². The second-order valence-electron chi connectivity index (χ2n) is 9.44. The van der Waals surface area contributed by atoms with Crippen LogP contribution in [0.25, 0.3) is 11.4 Å². The van der Waals surface area contributed by atoms with Crippen molar-refractivity contribution in [2.24, 2.45) is 11.3 Å². The zero-order valence-corrected chi connectivity index (χ0v) is 20.2. The number of benzene rings is 1. The molecule has 0 N–H and O–H groups in total. The maximum atomic E-state index is 12.7. The Balaban J connectivity index is 1.49. The summed E-state index contributed by atoms with van der Waals surface area (Å²) in [5.41, 5.74) is 1.78. The molecule has 3 rings (SSSR count). The van der Waals surface area contributed by atoms with Gasteiger partial charge in [0.1, 0.15) is 5.75 Å². The third kappa shape index (κ3) is 7.12. The van der Waals surface area contributed by atoms with E-state index in [-0.39, 0.29) is 17.3 Å². The van der Waals surface area contributed by atoms with Crippen LogP contribution in [0.15, 0.2) is 36.7 Å². The first kappa shape index (κ1) is 24.9. The summed E-state index contributed by atoms with van der Waals surface area (Å²) in [5, 5.41) is 9.79. The van der Waals surface area contributed by atoms with Crippen LogP contribution < -0.4 is 4.74 Å². The second kappa shape index (κ2) is 12.5. The lowest BCUT2D eigenvalue weighted by Crippen LogP contribution is -2.31. The molecule has 33 heavy (non-hydrogen) atoms. The second-order valence-corrected chi connectivity index (χ2v) is 9.44. The molecule has 176 valence electrons. The van der Waals surface area contributed by atoms with E-state index < -0.39 is 0 Å². The Bertz CT molecular complexity index is 908. The topological polar surface area (TPSA) is 75.9 Å². The number of ether oxygens (including phenoxy) is 1. The van der Waals surface area contributed by atoms with E-state index in [1.807, 2.05) is 24.5 Å². The minimum Gasteiger partial charge on any atom is -0.426 e. The highest BCUT2D eigenvalue weighted by atomic mass is 16.5. The number of nitrogens with zero attached hydrogens (tertiary/aromatic N) is 3.